The Morgan fingerprint density at radius 1 is 0.727 bits per heavy atom. The molecule has 0 N–H and O–H groups in total. The molecule has 0 aliphatic heterocycles. The van der Waals surface area contributed by atoms with E-state index in [1.165, 1.54) is 0 Å². The number of alkyl halides is 9. The summed E-state index contributed by atoms with van der Waals surface area (Å²) in [7, 11) is -9.63. The van der Waals surface area contributed by atoms with E-state index in [2.05, 4.69) is 8.06 Å². The van der Waals surface area contributed by atoms with Crippen LogP contribution in [0.5, 0.6) is 0 Å². The Balaban J connectivity index is 6.27. The molecule has 0 atom stereocenters. The van der Waals surface area contributed by atoms with Gasteiger partial charge in [0.05, 0.1) is 0 Å². The number of hydrogen-bond acceptors (Lipinski definition) is 4. The Labute approximate surface area is 119 Å². The van der Waals surface area contributed by atoms with Crippen LogP contribution < -0.4 is 0 Å². The summed E-state index contributed by atoms with van der Waals surface area (Å²) in [5.41, 5.74) is -6.93. The molecule has 0 bridgehead atoms. The van der Waals surface area contributed by atoms with E-state index in [0.29, 0.717) is 0 Å². The van der Waals surface area contributed by atoms with Crippen LogP contribution in [-0.4, -0.2) is 40.9 Å². The third-order valence-corrected chi connectivity index (χ3v) is 5.05. The first kappa shape index (κ1) is 21.5. The van der Waals surface area contributed by atoms with E-state index >= 15 is 0 Å². The van der Waals surface area contributed by atoms with Crippen LogP contribution >= 0.6 is 0 Å². The highest BCUT2D eigenvalue weighted by atomic mass is 32.3. The van der Waals surface area contributed by atoms with Crippen LogP contribution in [0.3, 0.4) is 0 Å². The molecule has 0 heterocycles. The van der Waals surface area contributed by atoms with Crippen molar-refractivity contribution >= 4 is 18.7 Å². The normalized spacial score (nSPS) is 16.0. The standard InChI is InChI=1S/C7H9F9O4SSi/c1-22(2,3)20-21(17,18)19-4(5(8,9)10,6(11,12)13)7(14,15)16/h1-3H3. The summed E-state index contributed by atoms with van der Waals surface area (Å²) in [5.74, 6) is 0. The van der Waals surface area contributed by atoms with Crippen molar-refractivity contribution in [1.29, 1.82) is 0 Å². The highest BCUT2D eigenvalue weighted by Gasteiger charge is 2.87. The SMILES string of the molecule is C[Si](C)(C)OS(=O)(=O)OC(C(F)(F)F)(C(F)(F)F)C(F)(F)F. The fourth-order valence-corrected chi connectivity index (χ4v) is 4.28. The van der Waals surface area contributed by atoms with Crippen LogP contribution in [0.25, 0.3) is 0 Å². The van der Waals surface area contributed by atoms with Gasteiger partial charge < -0.3 is 0 Å². The van der Waals surface area contributed by atoms with Crippen molar-refractivity contribution in [2.75, 3.05) is 0 Å². The average Bonchev–Trinajstić information content (AvgIpc) is 2.03. The van der Waals surface area contributed by atoms with E-state index in [-0.39, 0.29) is 0 Å². The third-order valence-electron chi connectivity index (χ3n) is 1.78. The third kappa shape index (κ3) is 4.48. The minimum atomic E-state index is -7.15. The van der Waals surface area contributed by atoms with Gasteiger partial charge in [-0.1, -0.05) is 0 Å². The summed E-state index contributed by atoms with van der Waals surface area (Å²) in [6, 6.07) is 0. The smallest absolute Gasteiger partial charge is 0.294 e. The predicted octanol–water partition coefficient (Wildman–Crippen LogP) is 3.53. The van der Waals surface area contributed by atoms with Crippen molar-refractivity contribution in [2.45, 2.75) is 43.8 Å². The monoisotopic (exact) mass is 388 g/mol. The second-order valence-electron chi connectivity index (χ2n) is 4.86. The van der Waals surface area contributed by atoms with Gasteiger partial charge in [-0.3, -0.25) is 3.87 Å². The second kappa shape index (κ2) is 5.52. The molecule has 0 radical (unpaired) electrons. The fraction of sp³-hybridized carbons (Fsp3) is 1.00. The Morgan fingerprint density at radius 2 is 1.00 bits per heavy atom. The van der Waals surface area contributed by atoms with Crippen molar-refractivity contribution < 1.29 is 56.0 Å². The summed E-state index contributed by atoms with van der Waals surface area (Å²) in [5, 5.41) is 0. The molecule has 0 aliphatic carbocycles. The van der Waals surface area contributed by atoms with E-state index < -0.39 is 42.8 Å². The summed E-state index contributed by atoms with van der Waals surface area (Å²) in [6.07, 6.45) is -21.5. The van der Waals surface area contributed by atoms with Gasteiger partial charge in [-0.05, 0) is 19.6 Å². The lowest BCUT2D eigenvalue weighted by Crippen LogP contribution is -2.68. The van der Waals surface area contributed by atoms with Crippen LogP contribution in [0.15, 0.2) is 0 Å². The molecule has 0 aromatic carbocycles. The molecule has 0 aliphatic rings. The molecule has 0 fully saturated rings. The first-order valence-electron chi connectivity index (χ1n) is 5.03. The molecule has 4 nitrogen and oxygen atoms in total. The Morgan fingerprint density at radius 3 is 1.18 bits per heavy atom. The Kier molecular flexibility index (Phi) is 5.38. The van der Waals surface area contributed by atoms with E-state index in [0.717, 1.165) is 19.6 Å². The Hall–Kier alpha value is -0.543. The van der Waals surface area contributed by atoms with Gasteiger partial charge in [0, 0.05) is 0 Å². The molecular formula is C7H9F9O4SSi. The molecule has 0 spiro atoms. The first-order chi connectivity index (χ1) is 9.16. The van der Waals surface area contributed by atoms with Gasteiger partial charge >= 0.3 is 34.5 Å². The molecule has 134 valence electrons. The Bertz CT molecular complexity index is 462. The van der Waals surface area contributed by atoms with Crippen LogP contribution in [0, 0.1) is 0 Å². The molecule has 0 saturated carbocycles. The van der Waals surface area contributed by atoms with Crippen LogP contribution in [0.2, 0.25) is 19.6 Å². The maximum atomic E-state index is 12.5. The van der Waals surface area contributed by atoms with Gasteiger partial charge in [-0.25, -0.2) is 4.18 Å². The molecule has 15 heteroatoms. The van der Waals surface area contributed by atoms with Gasteiger partial charge in [0.2, 0.25) is 8.32 Å². The van der Waals surface area contributed by atoms with Crippen molar-refractivity contribution in [3.8, 4) is 0 Å². The molecule has 0 aromatic rings. The van der Waals surface area contributed by atoms with Gasteiger partial charge in [0.1, 0.15) is 0 Å². The maximum absolute atomic E-state index is 12.5. The molecule has 0 rings (SSSR count). The molecular weight excluding hydrogens is 379 g/mol. The van der Waals surface area contributed by atoms with Crippen molar-refractivity contribution in [1.82, 2.24) is 0 Å². The highest BCUT2D eigenvalue weighted by Crippen LogP contribution is 2.55. The molecule has 0 aromatic heterocycles. The minimum absolute atomic E-state index is 0.990. The van der Waals surface area contributed by atoms with E-state index in [1.54, 1.807) is 0 Å². The summed E-state index contributed by atoms with van der Waals surface area (Å²) in [6.45, 7) is 2.97. The zero-order valence-electron chi connectivity index (χ0n) is 10.9. The van der Waals surface area contributed by atoms with E-state index in [1.807, 2.05) is 0 Å². The molecule has 0 saturated heterocycles. The number of rotatable bonds is 4. The second-order valence-corrected chi connectivity index (χ2v) is 10.7. The summed E-state index contributed by atoms with van der Waals surface area (Å²) >= 11 is 0. The first-order valence-corrected chi connectivity index (χ1v) is 9.77. The van der Waals surface area contributed by atoms with Crippen LogP contribution in [0.1, 0.15) is 0 Å². The largest absolute Gasteiger partial charge is 0.437 e. The van der Waals surface area contributed by atoms with E-state index in [4.69, 9.17) is 0 Å². The van der Waals surface area contributed by atoms with Gasteiger partial charge in [0.15, 0.2) is 0 Å². The van der Waals surface area contributed by atoms with E-state index in [9.17, 15) is 47.9 Å². The molecule has 0 amide bonds. The van der Waals surface area contributed by atoms with Crippen LogP contribution in [0.4, 0.5) is 39.5 Å². The van der Waals surface area contributed by atoms with Crippen molar-refractivity contribution in [2.24, 2.45) is 0 Å². The van der Waals surface area contributed by atoms with Gasteiger partial charge in [-0.15, -0.1) is 0 Å². The summed E-state index contributed by atoms with van der Waals surface area (Å²) < 4.78 is 141. The molecule has 0 unspecified atom stereocenters. The number of halogens is 9. The van der Waals surface area contributed by atoms with Crippen molar-refractivity contribution in [3.63, 3.8) is 0 Å². The predicted molar refractivity (Wildman–Crippen MR) is 55.3 cm³/mol. The quantitative estimate of drug-likeness (QED) is 0.546. The summed E-state index contributed by atoms with van der Waals surface area (Å²) in [4.78, 5) is 0. The van der Waals surface area contributed by atoms with Gasteiger partial charge in [0.25, 0.3) is 0 Å². The van der Waals surface area contributed by atoms with Gasteiger partial charge in [-0.2, -0.15) is 47.9 Å². The average molecular weight is 388 g/mol. The minimum Gasteiger partial charge on any atom is -0.294 e. The zero-order valence-corrected chi connectivity index (χ0v) is 12.8. The lowest BCUT2D eigenvalue weighted by molar-refractivity contribution is -0.437. The number of hydrogen-bond donors (Lipinski definition) is 0. The topological polar surface area (TPSA) is 52.6 Å². The zero-order chi connectivity index (χ0) is 18.4. The maximum Gasteiger partial charge on any atom is 0.437 e. The van der Waals surface area contributed by atoms with Crippen molar-refractivity contribution in [3.05, 3.63) is 0 Å². The highest BCUT2D eigenvalue weighted by molar-refractivity contribution is 7.83. The van der Waals surface area contributed by atoms with Crippen LogP contribution in [-0.2, 0) is 18.5 Å². The lowest BCUT2D eigenvalue weighted by Gasteiger charge is -2.37. The lowest BCUT2D eigenvalue weighted by atomic mass is 10.0. The molecule has 22 heavy (non-hydrogen) atoms. The fourth-order valence-electron chi connectivity index (χ4n) is 1.10.